The number of benzene rings is 1. The van der Waals surface area contributed by atoms with Crippen molar-refractivity contribution in [3.8, 4) is 0 Å². The highest BCUT2D eigenvalue weighted by molar-refractivity contribution is 6.31. The van der Waals surface area contributed by atoms with Crippen LogP contribution in [0.25, 0.3) is 0 Å². The molecule has 1 aromatic heterocycles. The highest BCUT2D eigenvalue weighted by atomic mass is 35.5. The van der Waals surface area contributed by atoms with Gasteiger partial charge in [-0.3, -0.25) is 0 Å². The van der Waals surface area contributed by atoms with Crippen molar-refractivity contribution in [3.63, 3.8) is 0 Å². The van der Waals surface area contributed by atoms with Crippen LogP contribution >= 0.6 is 11.6 Å². The van der Waals surface area contributed by atoms with Gasteiger partial charge in [0.15, 0.2) is 0 Å². The third kappa shape index (κ3) is 4.12. The average Bonchev–Trinajstić information content (AvgIpc) is 3.35. The Morgan fingerprint density at radius 2 is 2.09 bits per heavy atom. The van der Waals surface area contributed by atoms with E-state index in [1.807, 2.05) is 38.1 Å². The van der Waals surface area contributed by atoms with Gasteiger partial charge in [-0.15, -0.1) is 0 Å². The van der Waals surface area contributed by atoms with Crippen molar-refractivity contribution in [3.05, 3.63) is 40.5 Å². The van der Waals surface area contributed by atoms with Gasteiger partial charge in [-0.2, -0.15) is 4.98 Å². The molecule has 3 rings (SSSR count). The van der Waals surface area contributed by atoms with Crippen LogP contribution in [0, 0.1) is 6.92 Å². The van der Waals surface area contributed by atoms with Crippen LogP contribution in [-0.2, 0) is 0 Å². The zero-order valence-corrected chi connectivity index (χ0v) is 14.1. The molecule has 23 heavy (non-hydrogen) atoms. The van der Waals surface area contributed by atoms with Crippen LogP contribution in [0.5, 0.6) is 0 Å². The van der Waals surface area contributed by atoms with Gasteiger partial charge >= 0.3 is 0 Å². The summed E-state index contributed by atoms with van der Waals surface area (Å²) in [5.41, 5.74) is 3.00. The summed E-state index contributed by atoms with van der Waals surface area (Å²) in [7, 11) is 0. The first-order valence-electron chi connectivity index (χ1n) is 7.84. The molecule has 1 atom stereocenters. The number of aliphatic hydroxyl groups is 1. The zero-order valence-electron chi connectivity index (χ0n) is 13.3. The van der Waals surface area contributed by atoms with Crippen LogP contribution in [-0.4, -0.2) is 27.7 Å². The monoisotopic (exact) mass is 332 g/mol. The lowest BCUT2D eigenvalue weighted by atomic mass is 10.2. The summed E-state index contributed by atoms with van der Waals surface area (Å²) in [5.74, 6) is 1.82. The van der Waals surface area contributed by atoms with Crippen molar-refractivity contribution in [1.82, 2.24) is 9.97 Å². The normalized spacial score (nSPS) is 15.3. The van der Waals surface area contributed by atoms with Crippen molar-refractivity contribution in [2.24, 2.45) is 0 Å². The Hall–Kier alpha value is -1.85. The van der Waals surface area contributed by atoms with E-state index in [9.17, 15) is 5.11 Å². The SMILES string of the molecule is Cc1cc(Nc2cc(C3CC3)nc(N[C@@H](C)CO)n2)ccc1Cl. The van der Waals surface area contributed by atoms with Crippen molar-refractivity contribution >= 4 is 29.1 Å². The molecular formula is C17H21ClN4O. The highest BCUT2D eigenvalue weighted by Crippen LogP contribution is 2.40. The highest BCUT2D eigenvalue weighted by Gasteiger charge is 2.26. The fraction of sp³-hybridized carbons (Fsp3) is 0.412. The van der Waals surface area contributed by atoms with Gasteiger partial charge in [0.1, 0.15) is 5.82 Å². The molecule has 0 amide bonds. The third-order valence-corrected chi connectivity index (χ3v) is 4.25. The first-order chi connectivity index (χ1) is 11.0. The maximum absolute atomic E-state index is 9.20. The van der Waals surface area contributed by atoms with Crippen molar-refractivity contribution in [1.29, 1.82) is 0 Å². The maximum Gasteiger partial charge on any atom is 0.225 e. The Balaban J connectivity index is 1.86. The van der Waals surface area contributed by atoms with Gasteiger partial charge < -0.3 is 15.7 Å². The minimum absolute atomic E-state index is 0.0379. The Bertz CT molecular complexity index is 703. The molecule has 1 heterocycles. The molecule has 2 aromatic rings. The molecule has 0 unspecified atom stereocenters. The molecule has 5 nitrogen and oxygen atoms in total. The third-order valence-electron chi connectivity index (χ3n) is 3.82. The second-order valence-electron chi connectivity index (χ2n) is 6.09. The van der Waals surface area contributed by atoms with Crippen molar-refractivity contribution in [2.45, 2.75) is 38.6 Å². The summed E-state index contributed by atoms with van der Waals surface area (Å²) >= 11 is 6.07. The number of rotatable bonds is 6. The first kappa shape index (κ1) is 16.0. The number of hydrogen-bond acceptors (Lipinski definition) is 5. The molecule has 1 aliphatic carbocycles. The molecule has 0 saturated heterocycles. The standard InChI is InChI=1S/C17H21ClN4O/c1-10-7-13(5-6-14(10)18)20-16-8-15(12-3-4-12)21-17(22-16)19-11(2)9-23/h5-8,11-12,23H,3-4,9H2,1-2H3,(H2,19,20,21,22)/t11-/m0/s1. The quantitative estimate of drug-likeness (QED) is 0.749. The summed E-state index contributed by atoms with van der Waals surface area (Å²) in [6, 6.07) is 7.70. The largest absolute Gasteiger partial charge is 0.394 e. The number of anilines is 3. The van der Waals surface area contributed by atoms with E-state index in [0.29, 0.717) is 11.9 Å². The molecule has 0 radical (unpaired) electrons. The lowest BCUT2D eigenvalue weighted by molar-refractivity contribution is 0.281. The van der Waals surface area contributed by atoms with Gasteiger partial charge in [-0.25, -0.2) is 4.98 Å². The number of nitrogens with one attached hydrogen (secondary N) is 2. The van der Waals surface area contributed by atoms with E-state index >= 15 is 0 Å². The van der Waals surface area contributed by atoms with Crippen molar-refractivity contribution in [2.75, 3.05) is 17.2 Å². The molecule has 6 heteroatoms. The second-order valence-corrected chi connectivity index (χ2v) is 6.50. The van der Waals surface area contributed by atoms with Gasteiger partial charge in [-0.1, -0.05) is 11.6 Å². The van der Waals surface area contributed by atoms with Crippen LogP contribution in [0.15, 0.2) is 24.3 Å². The molecule has 122 valence electrons. The smallest absolute Gasteiger partial charge is 0.225 e. The first-order valence-corrected chi connectivity index (χ1v) is 8.22. The zero-order chi connectivity index (χ0) is 16.4. The van der Waals surface area contributed by atoms with Crippen LogP contribution in [0.2, 0.25) is 5.02 Å². The summed E-state index contributed by atoms with van der Waals surface area (Å²) in [5, 5.41) is 16.4. The second kappa shape index (κ2) is 6.72. The summed E-state index contributed by atoms with van der Waals surface area (Å²) in [4.78, 5) is 9.06. The molecular weight excluding hydrogens is 312 g/mol. The van der Waals surface area contributed by atoms with Crippen molar-refractivity contribution < 1.29 is 5.11 Å². The minimum Gasteiger partial charge on any atom is -0.394 e. The van der Waals surface area contributed by atoms with E-state index < -0.39 is 0 Å². The van der Waals surface area contributed by atoms with Gasteiger partial charge in [0.05, 0.1) is 12.3 Å². The van der Waals surface area contributed by atoms with Crippen LogP contribution in [0.3, 0.4) is 0 Å². The predicted octanol–water partition coefficient (Wildman–Crippen LogP) is 3.85. The lowest BCUT2D eigenvalue weighted by Gasteiger charge is -2.14. The number of aliphatic hydroxyl groups excluding tert-OH is 1. The molecule has 0 aliphatic heterocycles. The molecule has 1 saturated carbocycles. The molecule has 0 bridgehead atoms. The Morgan fingerprint density at radius 3 is 2.74 bits per heavy atom. The van der Waals surface area contributed by atoms with E-state index in [1.54, 1.807) is 0 Å². The number of halogens is 1. The average molecular weight is 333 g/mol. The van der Waals surface area contributed by atoms with Crippen LogP contribution in [0.4, 0.5) is 17.5 Å². The number of aromatic nitrogens is 2. The predicted molar refractivity (Wildman–Crippen MR) is 93.6 cm³/mol. The molecule has 1 aliphatic rings. The summed E-state index contributed by atoms with van der Waals surface area (Å²) < 4.78 is 0. The Labute approximate surface area is 141 Å². The summed E-state index contributed by atoms with van der Waals surface area (Å²) in [6.07, 6.45) is 2.34. The molecule has 0 spiro atoms. The van der Waals surface area contributed by atoms with Gasteiger partial charge in [-0.05, 0) is 50.5 Å². The summed E-state index contributed by atoms with van der Waals surface area (Å²) in [6.45, 7) is 3.90. The number of nitrogens with zero attached hydrogens (tertiary/aromatic N) is 2. The van der Waals surface area contributed by atoms with E-state index in [0.717, 1.165) is 27.8 Å². The maximum atomic E-state index is 9.20. The molecule has 1 aromatic carbocycles. The molecule has 1 fully saturated rings. The van der Waals surface area contributed by atoms with E-state index in [1.165, 1.54) is 12.8 Å². The molecule has 3 N–H and O–H groups in total. The van der Waals surface area contributed by atoms with Crippen LogP contribution < -0.4 is 10.6 Å². The van der Waals surface area contributed by atoms with Gasteiger partial charge in [0.25, 0.3) is 0 Å². The lowest BCUT2D eigenvalue weighted by Crippen LogP contribution is -2.21. The topological polar surface area (TPSA) is 70.1 Å². The number of aryl methyl sites for hydroxylation is 1. The Morgan fingerprint density at radius 1 is 1.30 bits per heavy atom. The van der Waals surface area contributed by atoms with E-state index in [4.69, 9.17) is 11.6 Å². The fourth-order valence-corrected chi connectivity index (χ4v) is 2.44. The fourth-order valence-electron chi connectivity index (χ4n) is 2.32. The minimum atomic E-state index is -0.0879. The van der Waals surface area contributed by atoms with E-state index in [-0.39, 0.29) is 12.6 Å². The van der Waals surface area contributed by atoms with Gasteiger partial charge in [0.2, 0.25) is 5.95 Å². The number of hydrogen-bond donors (Lipinski definition) is 3. The Kier molecular flexibility index (Phi) is 4.68. The van der Waals surface area contributed by atoms with Gasteiger partial charge in [0, 0.05) is 28.7 Å². The van der Waals surface area contributed by atoms with E-state index in [2.05, 4.69) is 20.6 Å². The van der Waals surface area contributed by atoms with Crippen LogP contribution in [0.1, 0.15) is 36.9 Å².